The van der Waals surface area contributed by atoms with Crippen LogP contribution in [0.1, 0.15) is 10.4 Å². The highest BCUT2D eigenvalue weighted by Gasteiger charge is 2.15. The molecule has 0 aliphatic rings. The van der Waals surface area contributed by atoms with Crippen molar-refractivity contribution in [2.75, 3.05) is 0 Å². The molecule has 2 heteroatoms. The molecular formula is C25H16O2. The monoisotopic (exact) mass is 348 g/mol. The van der Waals surface area contributed by atoms with Crippen molar-refractivity contribution in [3.63, 3.8) is 0 Å². The average molecular weight is 348 g/mol. The van der Waals surface area contributed by atoms with Crippen molar-refractivity contribution in [2.24, 2.45) is 0 Å². The average Bonchev–Trinajstić information content (AvgIpc) is 2.74. The third-order valence-corrected chi connectivity index (χ3v) is 4.94. The first-order chi connectivity index (χ1) is 13.3. The lowest BCUT2D eigenvalue weighted by molar-refractivity contribution is 0.0737. The van der Waals surface area contributed by atoms with Crippen molar-refractivity contribution < 1.29 is 9.53 Å². The number of rotatable bonds is 2. The molecule has 0 saturated carbocycles. The van der Waals surface area contributed by atoms with E-state index in [1.807, 2.05) is 48.5 Å². The molecular weight excluding hydrogens is 332 g/mol. The summed E-state index contributed by atoms with van der Waals surface area (Å²) in [5.74, 6) is 0.239. The molecule has 0 amide bonds. The second kappa shape index (κ2) is 6.26. The summed E-state index contributed by atoms with van der Waals surface area (Å²) in [5, 5.41) is 6.65. The molecule has 0 N–H and O–H groups in total. The molecule has 27 heavy (non-hydrogen) atoms. The standard InChI is InChI=1S/C25H16O2/c26-25(17-9-2-1-3-10-17)27-23-16-8-15-22-20-12-5-4-11-18(20)19-13-6-7-14-21(19)24(22)23/h1-16H. The van der Waals surface area contributed by atoms with Crippen molar-refractivity contribution in [2.45, 2.75) is 0 Å². The van der Waals surface area contributed by atoms with E-state index in [1.165, 1.54) is 5.39 Å². The second-order valence-corrected chi connectivity index (χ2v) is 6.53. The molecule has 2 nitrogen and oxygen atoms in total. The fourth-order valence-electron chi connectivity index (χ4n) is 3.74. The minimum atomic E-state index is -0.347. The molecule has 5 rings (SSSR count). The van der Waals surface area contributed by atoms with Gasteiger partial charge in [-0.15, -0.1) is 0 Å². The molecule has 0 bridgehead atoms. The topological polar surface area (TPSA) is 26.3 Å². The molecule has 0 unspecified atom stereocenters. The number of benzene rings is 5. The van der Waals surface area contributed by atoms with Gasteiger partial charge in [0.05, 0.1) is 5.56 Å². The second-order valence-electron chi connectivity index (χ2n) is 6.53. The molecule has 0 aliphatic carbocycles. The summed E-state index contributed by atoms with van der Waals surface area (Å²) in [4.78, 5) is 12.6. The highest BCUT2D eigenvalue weighted by atomic mass is 16.5. The van der Waals surface area contributed by atoms with Gasteiger partial charge in [0.25, 0.3) is 0 Å². The maximum atomic E-state index is 12.6. The molecule has 0 heterocycles. The summed E-state index contributed by atoms with van der Waals surface area (Å²) >= 11 is 0. The quantitative estimate of drug-likeness (QED) is 0.211. The molecule has 5 aromatic carbocycles. The van der Waals surface area contributed by atoms with E-state index >= 15 is 0 Å². The largest absolute Gasteiger partial charge is 0.422 e. The fraction of sp³-hybridized carbons (Fsp3) is 0. The number of carbonyl (C=O) groups excluding carboxylic acids is 1. The lowest BCUT2D eigenvalue weighted by Crippen LogP contribution is -2.08. The smallest absolute Gasteiger partial charge is 0.343 e. The highest BCUT2D eigenvalue weighted by Crippen LogP contribution is 2.39. The summed E-state index contributed by atoms with van der Waals surface area (Å²) < 4.78 is 5.83. The Balaban J connectivity index is 1.81. The van der Waals surface area contributed by atoms with Crippen molar-refractivity contribution in [3.05, 3.63) is 103 Å². The Hall–Kier alpha value is -3.65. The van der Waals surface area contributed by atoms with Gasteiger partial charge in [-0.1, -0.05) is 78.9 Å². The molecule has 0 saturated heterocycles. The Kier molecular flexibility index (Phi) is 3.61. The first kappa shape index (κ1) is 15.6. The van der Waals surface area contributed by atoms with Gasteiger partial charge in [0, 0.05) is 5.39 Å². The Morgan fingerprint density at radius 3 is 1.63 bits per heavy atom. The van der Waals surface area contributed by atoms with Gasteiger partial charge in [-0.25, -0.2) is 4.79 Å². The van der Waals surface area contributed by atoms with Crippen LogP contribution in [0.15, 0.2) is 97.1 Å². The molecule has 5 aromatic rings. The van der Waals surface area contributed by atoms with Gasteiger partial charge in [0.15, 0.2) is 0 Å². The first-order valence-electron chi connectivity index (χ1n) is 8.92. The van der Waals surface area contributed by atoms with E-state index < -0.39 is 0 Å². The van der Waals surface area contributed by atoms with E-state index in [1.54, 1.807) is 12.1 Å². The number of carbonyl (C=O) groups is 1. The van der Waals surface area contributed by atoms with E-state index in [9.17, 15) is 4.79 Å². The van der Waals surface area contributed by atoms with Crippen LogP contribution < -0.4 is 4.74 Å². The predicted octanol–water partition coefficient (Wildman–Crippen LogP) is 6.37. The van der Waals surface area contributed by atoms with Gasteiger partial charge in [-0.3, -0.25) is 0 Å². The van der Waals surface area contributed by atoms with Crippen molar-refractivity contribution in [1.82, 2.24) is 0 Å². The van der Waals surface area contributed by atoms with Gasteiger partial charge in [0.2, 0.25) is 0 Å². The first-order valence-corrected chi connectivity index (χ1v) is 8.92. The van der Waals surface area contributed by atoms with Gasteiger partial charge in [-0.2, -0.15) is 0 Å². The SMILES string of the molecule is O=C(Oc1cccc2c3ccccc3c3ccccc3c12)c1ccccc1. The predicted molar refractivity (Wildman–Crippen MR) is 110 cm³/mol. The summed E-state index contributed by atoms with van der Waals surface area (Å²) in [5.41, 5.74) is 0.541. The van der Waals surface area contributed by atoms with Crippen LogP contribution >= 0.6 is 0 Å². The Morgan fingerprint density at radius 1 is 0.519 bits per heavy atom. The number of fused-ring (bicyclic) bond motifs is 6. The third-order valence-electron chi connectivity index (χ3n) is 4.94. The van der Waals surface area contributed by atoms with Crippen LogP contribution in [0, 0.1) is 0 Å². The lowest BCUT2D eigenvalue weighted by Gasteiger charge is -2.13. The number of ether oxygens (including phenoxy) is 1. The normalized spacial score (nSPS) is 11.1. The molecule has 0 fully saturated rings. The maximum Gasteiger partial charge on any atom is 0.343 e. The van der Waals surface area contributed by atoms with Gasteiger partial charge in [-0.05, 0) is 45.1 Å². The number of esters is 1. The van der Waals surface area contributed by atoms with Crippen LogP contribution in [-0.2, 0) is 0 Å². The Labute approximate surface area is 156 Å². The summed E-state index contributed by atoms with van der Waals surface area (Å²) in [6.07, 6.45) is 0. The molecule has 0 aliphatic heterocycles. The number of hydrogen-bond donors (Lipinski definition) is 0. The van der Waals surface area contributed by atoms with Gasteiger partial charge < -0.3 is 4.74 Å². The van der Waals surface area contributed by atoms with Crippen molar-refractivity contribution in [3.8, 4) is 5.75 Å². The zero-order chi connectivity index (χ0) is 18.2. The Morgan fingerprint density at radius 2 is 1.00 bits per heavy atom. The zero-order valence-corrected chi connectivity index (χ0v) is 14.6. The highest BCUT2D eigenvalue weighted by molar-refractivity contribution is 6.27. The van der Waals surface area contributed by atoms with Crippen LogP contribution in [0.5, 0.6) is 5.75 Å². The van der Waals surface area contributed by atoms with E-state index in [0.29, 0.717) is 11.3 Å². The Bertz CT molecular complexity index is 1260. The summed E-state index contributed by atoms with van der Waals surface area (Å²) in [7, 11) is 0. The van der Waals surface area contributed by atoms with E-state index in [2.05, 4.69) is 36.4 Å². The van der Waals surface area contributed by atoms with Crippen LogP contribution in [0.25, 0.3) is 32.3 Å². The lowest BCUT2D eigenvalue weighted by atomic mass is 9.94. The summed E-state index contributed by atoms with van der Waals surface area (Å²) in [6, 6.07) is 31.6. The summed E-state index contributed by atoms with van der Waals surface area (Å²) in [6.45, 7) is 0. The van der Waals surface area contributed by atoms with E-state index in [4.69, 9.17) is 4.74 Å². The molecule has 128 valence electrons. The van der Waals surface area contributed by atoms with Crippen LogP contribution in [0.2, 0.25) is 0 Å². The minimum absolute atomic E-state index is 0.347. The maximum absolute atomic E-state index is 12.6. The van der Waals surface area contributed by atoms with Crippen LogP contribution in [0.4, 0.5) is 0 Å². The minimum Gasteiger partial charge on any atom is -0.422 e. The van der Waals surface area contributed by atoms with Crippen molar-refractivity contribution >= 4 is 38.3 Å². The molecule has 0 radical (unpaired) electrons. The molecule has 0 spiro atoms. The zero-order valence-electron chi connectivity index (χ0n) is 14.6. The van der Waals surface area contributed by atoms with Crippen LogP contribution in [-0.4, -0.2) is 5.97 Å². The van der Waals surface area contributed by atoms with Gasteiger partial charge >= 0.3 is 5.97 Å². The van der Waals surface area contributed by atoms with Gasteiger partial charge in [0.1, 0.15) is 5.75 Å². The van der Waals surface area contributed by atoms with E-state index in [0.717, 1.165) is 26.9 Å². The molecule has 0 atom stereocenters. The third kappa shape index (κ3) is 2.54. The van der Waals surface area contributed by atoms with Crippen LogP contribution in [0.3, 0.4) is 0 Å². The number of hydrogen-bond acceptors (Lipinski definition) is 2. The van der Waals surface area contributed by atoms with Crippen molar-refractivity contribution in [1.29, 1.82) is 0 Å². The molecule has 0 aromatic heterocycles. The van der Waals surface area contributed by atoms with E-state index in [-0.39, 0.29) is 5.97 Å². The fourth-order valence-corrected chi connectivity index (χ4v) is 3.74.